The quantitative estimate of drug-likeness (QED) is 0.819. The summed E-state index contributed by atoms with van der Waals surface area (Å²) in [7, 11) is 0. The summed E-state index contributed by atoms with van der Waals surface area (Å²) < 4.78 is 5.80. The van der Waals surface area contributed by atoms with Crippen LogP contribution >= 0.6 is 0 Å². The minimum Gasteiger partial charge on any atom is -0.382 e. The molecular weight excluding hydrogens is 234 g/mol. The Morgan fingerprint density at radius 3 is 2.63 bits per heavy atom. The molecule has 1 aliphatic rings. The molecule has 2 nitrogen and oxygen atoms in total. The van der Waals surface area contributed by atoms with Gasteiger partial charge in [-0.1, -0.05) is 38.8 Å². The summed E-state index contributed by atoms with van der Waals surface area (Å²) in [6, 6.07) is 9.50. The van der Waals surface area contributed by atoms with Crippen molar-refractivity contribution in [2.24, 2.45) is 0 Å². The second-order valence-electron chi connectivity index (χ2n) is 5.59. The summed E-state index contributed by atoms with van der Waals surface area (Å²) in [6.45, 7) is 5.35. The van der Waals surface area contributed by atoms with Crippen molar-refractivity contribution in [3.63, 3.8) is 0 Å². The largest absolute Gasteiger partial charge is 0.382 e. The zero-order chi connectivity index (χ0) is 13.5. The average molecular weight is 261 g/mol. The molecule has 1 saturated heterocycles. The van der Waals surface area contributed by atoms with Crippen molar-refractivity contribution in [2.75, 3.05) is 11.9 Å². The van der Waals surface area contributed by atoms with E-state index in [4.69, 9.17) is 4.74 Å². The normalized spacial score (nSPS) is 23.3. The van der Waals surface area contributed by atoms with Crippen molar-refractivity contribution in [3.05, 3.63) is 29.8 Å². The Kier molecular flexibility index (Phi) is 5.71. The molecule has 106 valence electrons. The number of anilines is 1. The smallest absolute Gasteiger partial charge is 0.0594 e. The van der Waals surface area contributed by atoms with Crippen LogP contribution in [-0.2, 0) is 11.2 Å². The van der Waals surface area contributed by atoms with E-state index < -0.39 is 0 Å². The molecule has 1 aromatic rings. The second kappa shape index (κ2) is 7.54. The van der Waals surface area contributed by atoms with Crippen LogP contribution in [0.5, 0.6) is 0 Å². The number of nitrogens with one attached hydrogen (secondary N) is 1. The Morgan fingerprint density at radius 2 is 1.95 bits per heavy atom. The lowest BCUT2D eigenvalue weighted by atomic mass is 9.99. The van der Waals surface area contributed by atoms with Crippen molar-refractivity contribution in [1.29, 1.82) is 0 Å². The highest BCUT2D eigenvalue weighted by Gasteiger charge is 2.21. The van der Waals surface area contributed by atoms with Gasteiger partial charge in [-0.25, -0.2) is 0 Å². The van der Waals surface area contributed by atoms with Crippen molar-refractivity contribution in [2.45, 2.75) is 64.5 Å². The van der Waals surface area contributed by atoms with Crippen molar-refractivity contribution in [1.82, 2.24) is 0 Å². The van der Waals surface area contributed by atoms with Crippen LogP contribution in [0.15, 0.2) is 24.3 Å². The van der Waals surface area contributed by atoms with E-state index in [0.717, 1.165) is 19.4 Å². The van der Waals surface area contributed by atoms with E-state index in [1.807, 2.05) is 0 Å². The van der Waals surface area contributed by atoms with Crippen LogP contribution in [0.1, 0.15) is 51.5 Å². The van der Waals surface area contributed by atoms with Crippen LogP contribution < -0.4 is 5.32 Å². The second-order valence-corrected chi connectivity index (χ2v) is 5.59. The number of benzene rings is 1. The lowest BCUT2D eigenvalue weighted by molar-refractivity contribution is 0.00598. The Labute approximate surface area is 117 Å². The first kappa shape index (κ1) is 14.4. The van der Waals surface area contributed by atoms with Crippen LogP contribution in [-0.4, -0.2) is 18.8 Å². The van der Waals surface area contributed by atoms with E-state index in [2.05, 4.69) is 43.4 Å². The van der Waals surface area contributed by atoms with Gasteiger partial charge in [0.2, 0.25) is 0 Å². The zero-order valence-electron chi connectivity index (χ0n) is 12.3. The maximum absolute atomic E-state index is 5.80. The van der Waals surface area contributed by atoms with Crippen LogP contribution in [0.25, 0.3) is 0 Å². The first-order valence-electron chi connectivity index (χ1n) is 7.79. The third kappa shape index (κ3) is 4.54. The number of aryl methyl sites for hydroxylation is 1. The molecule has 0 spiro atoms. The predicted octanol–water partition coefficient (Wildman–Crippen LogP) is 4.40. The maximum atomic E-state index is 5.80. The van der Waals surface area contributed by atoms with Crippen LogP contribution in [0, 0.1) is 0 Å². The van der Waals surface area contributed by atoms with E-state index in [0.29, 0.717) is 12.1 Å². The molecule has 0 aliphatic carbocycles. The molecule has 1 heterocycles. The van der Waals surface area contributed by atoms with E-state index >= 15 is 0 Å². The van der Waals surface area contributed by atoms with Gasteiger partial charge in [-0.2, -0.15) is 0 Å². The first-order valence-corrected chi connectivity index (χ1v) is 7.79. The Morgan fingerprint density at radius 1 is 1.16 bits per heavy atom. The van der Waals surface area contributed by atoms with Gasteiger partial charge in [0.1, 0.15) is 0 Å². The van der Waals surface area contributed by atoms with Crippen LogP contribution in [0.4, 0.5) is 5.69 Å². The predicted molar refractivity (Wildman–Crippen MR) is 81.7 cm³/mol. The monoisotopic (exact) mass is 261 g/mol. The molecule has 0 radical (unpaired) electrons. The number of hydrogen-bond donors (Lipinski definition) is 1. The molecule has 1 fully saturated rings. The third-order valence-electron chi connectivity index (χ3n) is 3.84. The summed E-state index contributed by atoms with van der Waals surface area (Å²) in [5, 5.41) is 3.66. The van der Waals surface area contributed by atoms with Gasteiger partial charge in [0.25, 0.3) is 0 Å². The summed E-state index contributed by atoms with van der Waals surface area (Å²) in [4.78, 5) is 0. The number of ether oxygens (including phenoxy) is 1. The van der Waals surface area contributed by atoms with Gasteiger partial charge in [0, 0.05) is 18.3 Å². The van der Waals surface area contributed by atoms with E-state index in [9.17, 15) is 0 Å². The van der Waals surface area contributed by atoms with E-state index in [1.54, 1.807) is 0 Å². The van der Waals surface area contributed by atoms with Crippen LogP contribution in [0.2, 0.25) is 0 Å². The van der Waals surface area contributed by atoms with Gasteiger partial charge >= 0.3 is 0 Å². The fourth-order valence-corrected chi connectivity index (χ4v) is 2.83. The molecule has 2 atom stereocenters. The molecule has 0 saturated carbocycles. The molecule has 0 amide bonds. The van der Waals surface area contributed by atoms with Gasteiger partial charge in [0.05, 0.1) is 6.10 Å². The molecule has 0 aromatic heterocycles. The minimum atomic E-state index is 0.454. The first-order chi connectivity index (χ1) is 9.31. The SMILES string of the molecule is CCCc1ccc(NC2CCOC(CCC)C2)cc1. The molecule has 19 heavy (non-hydrogen) atoms. The Balaban J connectivity index is 1.85. The molecule has 2 heteroatoms. The molecular formula is C17H27NO. The topological polar surface area (TPSA) is 21.3 Å². The van der Waals surface area contributed by atoms with Gasteiger partial charge in [-0.3, -0.25) is 0 Å². The molecule has 1 aromatic carbocycles. The highest BCUT2D eigenvalue weighted by molar-refractivity contribution is 5.45. The van der Waals surface area contributed by atoms with Gasteiger partial charge in [0.15, 0.2) is 0 Å². The molecule has 0 bridgehead atoms. The Hall–Kier alpha value is -1.02. The van der Waals surface area contributed by atoms with Crippen molar-refractivity contribution >= 4 is 5.69 Å². The van der Waals surface area contributed by atoms with Gasteiger partial charge < -0.3 is 10.1 Å². The van der Waals surface area contributed by atoms with Crippen molar-refractivity contribution < 1.29 is 4.74 Å². The minimum absolute atomic E-state index is 0.454. The van der Waals surface area contributed by atoms with Gasteiger partial charge in [-0.15, -0.1) is 0 Å². The third-order valence-corrected chi connectivity index (χ3v) is 3.84. The molecule has 1 aliphatic heterocycles. The maximum Gasteiger partial charge on any atom is 0.0594 e. The molecule has 2 unspecified atom stereocenters. The molecule has 1 N–H and O–H groups in total. The number of rotatable bonds is 6. The summed E-state index contributed by atoms with van der Waals surface area (Å²) in [6.07, 6.45) is 7.51. The lowest BCUT2D eigenvalue weighted by Crippen LogP contribution is -2.33. The lowest BCUT2D eigenvalue weighted by Gasteiger charge is -2.30. The van der Waals surface area contributed by atoms with Crippen LogP contribution in [0.3, 0.4) is 0 Å². The zero-order valence-corrected chi connectivity index (χ0v) is 12.3. The highest BCUT2D eigenvalue weighted by Crippen LogP contribution is 2.21. The standard InChI is InChI=1S/C17H27NO/c1-3-5-14-7-9-15(10-8-14)18-16-11-12-19-17(13-16)6-4-2/h7-10,16-18H,3-6,11-13H2,1-2H3. The highest BCUT2D eigenvalue weighted by atomic mass is 16.5. The van der Waals surface area contributed by atoms with Gasteiger partial charge in [-0.05, 0) is 43.4 Å². The summed E-state index contributed by atoms with van der Waals surface area (Å²) >= 11 is 0. The van der Waals surface area contributed by atoms with E-state index in [-0.39, 0.29) is 0 Å². The average Bonchev–Trinajstić information content (AvgIpc) is 2.42. The summed E-state index contributed by atoms with van der Waals surface area (Å²) in [5.41, 5.74) is 2.69. The Bertz CT molecular complexity index is 358. The fourth-order valence-electron chi connectivity index (χ4n) is 2.83. The molecule has 2 rings (SSSR count). The number of hydrogen-bond acceptors (Lipinski definition) is 2. The van der Waals surface area contributed by atoms with Crippen molar-refractivity contribution in [3.8, 4) is 0 Å². The van der Waals surface area contributed by atoms with E-state index in [1.165, 1.54) is 36.9 Å². The summed E-state index contributed by atoms with van der Waals surface area (Å²) in [5.74, 6) is 0. The fraction of sp³-hybridized carbons (Fsp3) is 0.647.